The summed E-state index contributed by atoms with van der Waals surface area (Å²) < 4.78 is 0. The third kappa shape index (κ3) is 5.10. The number of aromatic amines is 2. The molecule has 0 bridgehead atoms. The van der Waals surface area contributed by atoms with Gasteiger partial charge in [0.05, 0.1) is 22.2 Å². The van der Waals surface area contributed by atoms with E-state index < -0.39 is 0 Å². The van der Waals surface area contributed by atoms with Crippen LogP contribution in [0.25, 0.3) is 55.2 Å². The first kappa shape index (κ1) is 26.2. The zero-order chi connectivity index (χ0) is 27.6. The van der Waals surface area contributed by atoms with Crippen LogP contribution in [0.3, 0.4) is 0 Å². The standard InChI is InChI=1S/C33H34N6S/c1-5-22(20-39-17-8-7-9-18-39)19-23(6-2)25-13-14-27-31(34-25)32(38-37-27)33-35-26-12-10-11-24(30(26)36-33)29-16-15-28(40-29)21(3)4/h5-6,10-16,19H,1,3,7-9,17-18,20H2,2,4H3,(H,35,36)(H,37,38)/b22-19+,23-6+. The molecule has 7 heteroatoms. The maximum absolute atomic E-state index is 5.07. The number of rotatable bonds is 8. The van der Waals surface area contributed by atoms with Crippen LogP contribution in [0.2, 0.25) is 0 Å². The molecule has 6 rings (SSSR count). The number of fused-ring (bicyclic) bond motifs is 2. The van der Waals surface area contributed by atoms with Crippen molar-refractivity contribution in [2.24, 2.45) is 0 Å². The molecule has 2 N–H and O–H groups in total. The van der Waals surface area contributed by atoms with Gasteiger partial charge in [-0.2, -0.15) is 5.10 Å². The molecule has 1 saturated heterocycles. The number of hydrogen-bond donors (Lipinski definition) is 2. The van der Waals surface area contributed by atoms with Gasteiger partial charge in [0.25, 0.3) is 0 Å². The van der Waals surface area contributed by atoms with Gasteiger partial charge in [0.1, 0.15) is 5.52 Å². The van der Waals surface area contributed by atoms with E-state index >= 15 is 0 Å². The maximum Gasteiger partial charge on any atom is 0.161 e. The first-order chi connectivity index (χ1) is 19.5. The third-order valence-electron chi connectivity index (χ3n) is 7.50. The molecular weight excluding hydrogens is 512 g/mol. The van der Waals surface area contributed by atoms with E-state index in [4.69, 9.17) is 9.97 Å². The number of benzene rings is 1. The molecule has 0 radical (unpaired) electrons. The van der Waals surface area contributed by atoms with Crippen molar-refractivity contribution in [1.29, 1.82) is 0 Å². The fourth-order valence-corrected chi connectivity index (χ4v) is 6.29. The number of piperidine rings is 1. The van der Waals surface area contributed by atoms with E-state index in [0.717, 1.165) is 64.1 Å². The van der Waals surface area contributed by atoms with E-state index in [1.807, 2.05) is 25.1 Å². The van der Waals surface area contributed by atoms with Crippen molar-refractivity contribution in [3.05, 3.63) is 90.0 Å². The van der Waals surface area contributed by atoms with Crippen LogP contribution in [0.15, 0.2) is 79.4 Å². The number of likely N-dealkylation sites (tertiary alicyclic amines) is 1. The van der Waals surface area contributed by atoms with Gasteiger partial charge < -0.3 is 4.98 Å². The molecule has 0 saturated carbocycles. The molecule has 0 unspecified atom stereocenters. The van der Waals surface area contributed by atoms with Crippen molar-refractivity contribution < 1.29 is 0 Å². The highest BCUT2D eigenvalue weighted by atomic mass is 32.1. The lowest BCUT2D eigenvalue weighted by Crippen LogP contribution is -2.31. The SMILES string of the molecule is C=C/C(=C\C(=C/C)c1ccc2[nH]nc(-c3nc4c(-c5ccc(C(=C)C)s5)cccc4[nH]3)c2n1)CN1CCCCC1. The summed E-state index contributed by atoms with van der Waals surface area (Å²) in [5, 5.41) is 7.77. The van der Waals surface area contributed by atoms with Crippen LogP contribution in [0.1, 0.15) is 43.7 Å². The summed E-state index contributed by atoms with van der Waals surface area (Å²) >= 11 is 1.73. The molecule has 1 aromatic carbocycles. The summed E-state index contributed by atoms with van der Waals surface area (Å²) in [4.78, 5) is 18.4. The maximum atomic E-state index is 5.07. The fraction of sp³-hybridized carbons (Fsp3) is 0.242. The van der Waals surface area contributed by atoms with Crippen LogP contribution < -0.4 is 0 Å². The second-order valence-electron chi connectivity index (χ2n) is 10.4. The predicted molar refractivity (Wildman–Crippen MR) is 169 cm³/mol. The van der Waals surface area contributed by atoms with Crippen LogP contribution in [0, 0.1) is 0 Å². The molecule has 6 nitrogen and oxygen atoms in total. The highest BCUT2D eigenvalue weighted by molar-refractivity contribution is 7.16. The number of hydrogen-bond acceptors (Lipinski definition) is 5. The molecule has 0 atom stereocenters. The van der Waals surface area contributed by atoms with Crippen LogP contribution in [-0.4, -0.2) is 49.7 Å². The van der Waals surface area contributed by atoms with Gasteiger partial charge in [0.15, 0.2) is 11.5 Å². The van der Waals surface area contributed by atoms with Gasteiger partial charge >= 0.3 is 0 Å². The summed E-state index contributed by atoms with van der Waals surface area (Å²) in [5.74, 6) is 0.699. The topological polar surface area (TPSA) is 73.5 Å². The Bertz CT molecular complexity index is 1770. The fourth-order valence-electron chi connectivity index (χ4n) is 5.33. The smallest absolute Gasteiger partial charge is 0.161 e. The summed E-state index contributed by atoms with van der Waals surface area (Å²) in [6.45, 7) is 15.5. The Morgan fingerprint density at radius 3 is 2.62 bits per heavy atom. The number of aromatic nitrogens is 5. The average molecular weight is 547 g/mol. The minimum atomic E-state index is 0.699. The van der Waals surface area contributed by atoms with Gasteiger partial charge in [-0.3, -0.25) is 10.00 Å². The first-order valence-corrected chi connectivity index (χ1v) is 14.7. The van der Waals surface area contributed by atoms with Crippen LogP contribution >= 0.6 is 11.3 Å². The number of nitrogens with zero attached hydrogens (tertiary/aromatic N) is 4. The minimum Gasteiger partial charge on any atom is -0.336 e. The molecule has 0 aliphatic carbocycles. The second kappa shape index (κ2) is 11.2. The van der Waals surface area contributed by atoms with Crippen molar-refractivity contribution >= 4 is 44.5 Å². The van der Waals surface area contributed by atoms with Crippen LogP contribution in [0.5, 0.6) is 0 Å². The summed E-state index contributed by atoms with van der Waals surface area (Å²) in [7, 11) is 0. The Morgan fingerprint density at radius 1 is 1.02 bits per heavy atom. The lowest BCUT2D eigenvalue weighted by atomic mass is 10.0. The van der Waals surface area contributed by atoms with Gasteiger partial charge in [-0.25, -0.2) is 9.97 Å². The predicted octanol–water partition coefficient (Wildman–Crippen LogP) is 8.26. The molecule has 40 heavy (non-hydrogen) atoms. The van der Waals surface area contributed by atoms with Gasteiger partial charge in [-0.1, -0.05) is 43.9 Å². The Hall–Kier alpha value is -4.07. The van der Waals surface area contributed by atoms with Crippen molar-refractivity contribution in [2.45, 2.75) is 33.1 Å². The number of nitrogens with one attached hydrogen (secondary N) is 2. The van der Waals surface area contributed by atoms with E-state index in [1.165, 1.54) is 34.6 Å². The number of pyridine rings is 1. The lowest BCUT2D eigenvalue weighted by Gasteiger charge is -2.26. The van der Waals surface area contributed by atoms with E-state index in [9.17, 15) is 0 Å². The van der Waals surface area contributed by atoms with E-state index in [-0.39, 0.29) is 0 Å². The number of H-pyrrole nitrogens is 2. The summed E-state index contributed by atoms with van der Waals surface area (Å²) in [6, 6.07) is 14.6. The quantitative estimate of drug-likeness (QED) is 0.192. The van der Waals surface area contributed by atoms with Gasteiger partial charge in [0.2, 0.25) is 0 Å². The molecule has 0 amide bonds. The minimum absolute atomic E-state index is 0.699. The second-order valence-corrected chi connectivity index (χ2v) is 11.5. The Balaban J connectivity index is 1.36. The van der Waals surface area contributed by atoms with Crippen molar-refractivity contribution in [1.82, 2.24) is 30.0 Å². The summed E-state index contributed by atoms with van der Waals surface area (Å²) in [6.07, 6.45) is 10.2. The van der Waals surface area contributed by atoms with Gasteiger partial charge in [0, 0.05) is 21.9 Å². The van der Waals surface area contributed by atoms with Crippen LogP contribution in [-0.2, 0) is 0 Å². The van der Waals surface area contributed by atoms with Gasteiger partial charge in [-0.15, -0.1) is 11.3 Å². The Kier molecular flexibility index (Phi) is 7.32. The molecule has 4 aromatic heterocycles. The Labute approximate surface area is 238 Å². The van der Waals surface area contributed by atoms with Crippen molar-refractivity contribution in [2.75, 3.05) is 19.6 Å². The van der Waals surface area contributed by atoms with E-state index in [0.29, 0.717) is 11.5 Å². The molecule has 5 heterocycles. The van der Waals surface area contributed by atoms with Crippen molar-refractivity contribution in [3.8, 4) is 22.0 Å². The van der Waals surface area contributed by atoms with Crippen LogP contribution in [0.4, 0.5) is 0 Å². The molecule has 1 aliphatic rings. The molecule has 5 aromatic rings. The number of allylic oxidation sites excluding steroid dienone is 4. The third-order valence-corrected chi connectivity index (χ3v) is 8.78. The molecule has 0 spiro atoms. The Morgan fingerprint density at radius 2 is 1.88 bits per heavy atom. The number of thiophene rings is 1. The summed E-state index contributed by atoms with van der Waals surface area (Å²) in [5.41, 5.74) is 9.61. The normalized spacial score (nSPS) is 15.2. The lowest BCUT2D eigenvalue weighted by molar-refractivity contribution is 0.248. The largest absolute Gasteiger partial charge is 0.336 e. The first-order valence-electron chi connectivity index (χ1n) is 13.9. The van der Waals surface area contributed by atoms with Crippen molar-refractivity contribution in [3.63, 3.8) is 0 Å². The molecule has 1 fully saturated rings. The monoisotopic (exact) mass is 546 g/mol. The average Bonchev–Trinajstić information content (AvgIpc) is 3.73. The van der Waals surface area contributed by atoms with E-state index in [2.05, 4.69) is 82.6 Å². The van der Waals surface area contributed by atoms with E-state index in [1.54, 1.807) is 11.3 Å². The molecule has 202 valence electrons. The number of para-hydroxylation sites is 1. The zero-order valence-corrected chi connectivity index (χ0v) is 23.9. The molecular formula is C33H34N6S. The highest BCUT2D eigenvalue weighted by Gasteiger charge is 2.18. The van der Waals surface area contributed by atoms with Gasteiger partial charge in [-0.05, 0) is 92.9 Å². The highest BCUT2D eigenvalue weighted by Crippen LogP contribution is 2.36. The molecule has 1 aliphatic heterocycles. The zero-order valence-electron chi connectivity index (χ0n) is 23.1. The number of imidazole rings is 1.